The van der Waals surface area contributed by atoms with Crippen LogP contribution in [0.5, 0.6) is 11.5 Å². The Morgan fingerprint density at radius 1 is 1.09 bits per heavy atom. The summed E-state index contributed by atoms with van der Waals surface area (Å²) in [5, 5.41) is 4.21. The van der Waals surface area contributed by atoms with Gasteiger partial charge in [-0.3, -0.25) is 9.59 Å². The van der Waals surface area contributed by atoms with Gasteiger partial charge in [0.2, 0.25) is 18.6 Å². The number of para-hydroxylation sites is 1. The zero-order chi connectivity index (χ0) is 23.8. The molecule has 2 aromatic carbocycles. The highest BCUT2D eigenvalue weighted by atomic mass is 32.1. The molecule has 8 nitrogen and oxygen atoms in total. The summed E-state index contributed by atoms with van der Waals surface area (Å²) in [6.07, 6.45) is 2.96. The Balaban J connectivity index is 1.07. The number of benzene rings is 2. The van der Waals surface area contributed by atoms with E-state index in [1.165, 1.54) is 4.70 Å². The number of thiazole rings is 1. The summed E-state index contributed by atoms with van der Waals surface area (Å²) in [5.74, 6) is 1.70. The number of nitrogens with zero attached hydrogens (tertiary/aromatic N) is 3. The van der Waals surface area contributed by atoms with Gasteiger partial charge in [0.05, 0.1) is 10.2 Å². The van der Waals surface area contributed by atoms with Crippen molar-refractivity contribution in [1.82, 2.24) is 15.2 Å². The molecule has 0 unspecified atom stereocenters. The van der Waals surface area contributed by atoms with Crippen molar-refractivity contribution in [3.05, 3.63) is 48.0 Å². The number of anilines is 1. The van der Waals surface area contributed by atoms with Crippen molar-refractivity contribution in [3.63, 3.8) is 0 Å². The van der Waals surface area contributed by atoms with Crippen LogP contribution in [0.2, 0.25) is 0 Å². The van der Waals surface area contributed by atoms with Crippen LogP contribution in [-0.4, -0.2) is 60.2 Å². The van der Waals surface area contributed by atoms with Crippen molar-refractivity contribution in [2.75, 3.05) is 37.9 Å². The first-order chi connectivity index (χ1) is 17.1. The van der Waals surface area contributed by atoms with Crippen LogP contribution >= 0.6 is 11.3 Å². The summed E-state index contributed by atoms with van der Waals surface area (Å²) >= 11 is 1.70. The highest BCUT2D eigenvalue weighted by Gasteiger charge is 2.38. The van der Waals surface area contributed by atoms with Crippen LogP contribution in [0.1, 0.15) is 31.2 Å². The van der Waals surface area contributed by atoms with Crippen LogP contribution < -0.4 is 19.7 Å². The average molecular weight is 493 g/mol. The molecule has 4 heterocycles. The van der Waals surface area contributed by atoms with Gasteiger partial charge in [-0.05, 0) is 49.1 Å². The Hall–Kier alpha value is -3.33. The highest BCUT2D eigenvalue weighted by Crippen LogP contribution is 2.36. The molecule has 9 heteroatoms. The van der Waals surface area contributed by atoms with Crippen LogP contribution in [0.4, 0.5) is 5.13 Å². The molecule has 6 rings (SSSR count). The van der Waals surface area contributed by atoms with E-state index in [1.807, 2.05) is 41.3 Å². The van der Waals surface area contributed by atoms with E-state index in [1.54, 1.807) is 11.3 Å². The van der Waals surface area contributed by atoms with Crippen molar-refractivity contribution in [2.24, 2.45) is 0 Å². The largest absolute Gasteiger partial charge is 0.454 e. The molecule has 1 aromatic heterocycles. The monoisotopic (exact) mass is 492 g/mol. The maximum Gasteiger partial charge on any atom is 0.231 e. The molecule has 3 aliphatic heterocycles. The minimum atomic E-state index is -0.400. The number of hydrogen-bond donors (Lipinski definition) is 1. The number of piperazine rings is 1. The Morgan fingerprint density at radius 3 is 2.71 bits per heavy atom. The predicted molar refractivity (Wildman–Crippen MR) is 134 cm³/mol. The molecule has 2 amide bonds. The van der Waals surface area contributed by atoms with Gasteiger partial charge >= 0.3 is 0 Å². The molecule has 0 aliphatic carbocycles. The van der Waals surface area contributed by atoms with Crippen molar-refractivity contribution >= 4 is 38.5 Å². The molecule has 3 aliphatic rings. The van der Waals surface area contributed by atoms with Gasteiger partial charge in [0.15, 0.2) is 16.6 Å². The number of carbonyl (C=O) groups excluding carboxylic acids is 2. The van der Waals surface area contributed by atoms with E-state index in [4.69, 9.17) is 14.5 Å². The number of nitrogens with one attached hydrogen (secondary N) is 1. The third-order valence-electron chi connectivity index (χ3n) is 7.22. The maximum atomic E-state index is 13.1. The number of hydrogen-bond acceptors (Lipinski definition) is 7. The molecule has 1 atom stereocenters. The summed E-state index contributed by atoms with van der Waals surface area (Å²) in [6.45, 7) is 3.18. The molecule has 182 valence electrons. The molecular weight excluding hydrogens is 464 g/mol. The van der Waals surface area contributed by atoms with Gasteiger partial charge in [0, 0.05) is 44.6 Å². The lowest BCUT2D eigenvalue weighted by atomic mass is 9.84. The van der Waals surface area contributed by atoms with Gasteiger partial charge in [-0.1, -0.05) is 29.5 Å². The van der Waals surface area contributed by atoms with Crippen molar-refractivity contribution in [2.45, 2.75) is 37.6 Å². The maximum absolute atomic E-state index is 13.1. The first kappa shape index (κ1) is 22.2. The second-order valence-electron chi connectivity index (χ2n) is 9.52. The van der Waals surface area contributed by atoms with Crippen LogP contribution in [0.25, 0.3) is 10.2 Å². The minimum absolute atomic E-state index is 0.0580. The number of rotatable bonds is 6. The lowest BCUT2D eigenvalue weighted by Crippen LogP contribution is -2.50. The zero-order valence-corrected chi connectivity index (χ0v) is 20.3. The van der Waals surface area contributed by atoms with E-state index >= 15 is 0 Å². The highest BCUT2D eigenvalue weighted by molar-refractivity contribution is 7.22. The quantitative estimate of drug-likeness (QED) is 0.568. The summed E-state index contributed by atoms with van der Waals surface area (Å²) < 4.78 is 12.1. The zero-order valence-electron chi connectivity index (χ0n) is 19.5. The molecule has 1 N–H and O–H groups in total. The summed E-state index contributed by atoms with van der Waals surface area (Å²) in [7, 11) is 0. The topological polar surface area (TPSA) is 84.0 Å². The fourth-order valence-corrected chi connectivity index (χ4v) is 6.29. The first-order valence-electron chi connectivity index (χ1n) is 12.1. The molecule has 2 fully saturated rings. The van der Waals surface area contributed by atoms with Gasteiger partial charge in [0.1, 0.15) is 0 Å². The molecular formula is C26H28N4O4S. The fourth-order valence-electron chi connectivity index (χ4n) is 5.27. The molecule has 35 heavy (non-hydrogen) atoms. The smallest absolute Gasteiger partial charge is 0.231 e. The molecule has 0 saturated carbocycles. The SMILES string of the molecule is O=C1CC[C@@](CCC(=O)N2CCN(c3nc4ccccc4s3)CC2)(Cc2ccc3c(c2)OCO3)N1. The van der Waals surface area contributed by atoms with Crippen molar-refractivity contribution in [3.8, 4) is 11.5 Å². The molecule has 2 saturated heterocycles. The van der Waals surface area contributed by atoms with Gasteiger partial charge in [0.25, 0.3) is 0 Å². The lowest BCUT2D eigenvalue weighted by molar-refractivity contribution is -0.132. The second-order valence-corrected chi connectivity index (χ2v) is 10.5. The van der Waals surface area contributed by atoms with Crippen LogP contribution in [-0.2, 0) is 16.0 Å². The summed E-state index contributed by atoms with van der Waals surface area (Å²) in [6, 6.07) is 14.1. The second kappa shape index (κ2) is 9.03. The van der Waals surface area contributed by atoms with E-state index < -0.39 is 5.54 Å². The van der Waals surface area contributed by atoms with E-state index in [2.05, 4.69) is 16.3 Å². The van der Waals surface area contributed by atoms with Gasteiger partial charge < -0.3 is 24.6 Å². The fraction of sp³-hybridized carbons (Fsp3) is 0.423. The Labute approximate surface area is 207 Å². The number of amides is 2. The number of fused-ring (bicyclic) bond motifs is 2. The van der Waals surface area contributed by atoms with E-state index in [-0.39, 0.29) is 18.6 Å². The van der Waals surface area contributed by atoms with E-state index in [0.29, 0.717) is 38.8 Å². The predicted octanol–water partition coefficient (Wildman–Crippen LogP) is 3.35. The van der Waals surface area contributed by atoms with Crippen LogP contribution in [0.15, 0.2) is 42.5 Å². The lowest BCUT2D eigenvalue weighted by Gasteiger charge is -2.36. The van der Waals surface area contributed by atoms with Gasteiger partial charge in [-0.25, -0.2) is 4.98 Å². The van der Waals surface area contributed by atoms with Gasteiger partial charge in [-0.2, -0.15) is 0 Å². The van der Waals surface area contributed by atoms with Gasteiger partial charge in [-0.15, -0.1) is 0 Å². The Morgan fingerprint density at radius 2 is 1.91 bits per heavy atom. The van der Waals surface area contributed by atoms with Crippen LogP contribution in [0, 0.1) is 0 Å². The van der Waals surface area contributed by atoms with Crippen LogP contribution in [0.3, 0.4) is 0 Å². The van der Waals surface area contributed by atoms with E-state index in [9.17, 15) is 9.59 Å². The summed E-state index contributed by atoms with van der Waals surface area (Å²) in [4.78, 5) is 34.3. The third kappa shape index (κ3) is 4.52. The molecule has 3 aromatic rings. The minimum Gasteiger partial charge on any atom is -0.454 e. The first-order valence-corrected chi connectivity index (χ1v) is 13.0. The number of carbonyl (C=O) groups is 2. The molecule has 0 bridgehead atoms. The standard InChI is InChI=1S/C26H28N4O4S/c31-23-7-9-26(28-23,16-18-5-6-20-21(15-18)34-17-33-20)10-8-24(32)29-11-13-30(14-12-29)25-27-19-3-1-2-4-22(19)35-25/h1-6,15H,7-14,16-17H2,(H,28,31)/t26-/m1/s1. The normalized spacial score (nSPS) is 21.5. The van der Waals surface area contributed by atoms with Crippen molar-refractivity contribution in [1.29, 1.82) is 0 Å². The summed E-state index contributed by atoms with van der Waals surface area (Å²) in [5.41, 5.74) is 1.70. The number of ether oxygens (including phenoxy) is 2. The number of aromatic nitrogens is 1. The Bertz CT molecular complexity index is 1240. The molecule has 0 radical (unpaired) electrons. The Kier molecular flexibility index (Phi) is 5.72. The molecule has 0 spiro atoms. The van der Waals surface area contributed by atoms with Crippen molar-refractivity contribution < 1.29 is 19.1 Å². The van der Waals surface area contributed by atoms with E-state index in [0.717, 1.165) is 47.2 Å². The third-order valence-corrected chi connectivity index (χ3v) is 8.31. The average Bonchev–Trinajstić information content (AvgIpc) is 3.61.